The first-order valence-electron chi connectivity index (χ1n) is 9.57. The van der Waals surface area contributed by atoms with Crippen LogP contribution in [-0.2, 0) is 0 Å². The standard InChI is InChI=1S/C25H20O5/c1-14-7-2-3-8-15(14)9-6-12-19(26)18-13-20(27)21-22(25(18)30)24(29)17-11-5-4-10-16(17)23(21)28/h2-11,13,19,26-27,30H,12H2,1H3/b9-6+. The van der Waals surface area contributed by atoms with Crippen molar-refractivity contribution < 1.29 is 24.9 Å². The molecule has 0 aromatic heterocycles. The number of carbonyl (C=O) groups excluding carboxylic acids is 2. The lowest BCUT2D eigenvalue weighted by molar-refractivity contribution is 0.0973. The number of carbonyl (C=O) groups is 2. The zero-order chi connectivity index (χ0) is 21.4. The van der Waals surface area contributed by atoms with E-state index < -0.39 is 29.2 Å². The predicted octanol–water partition coefficient (Wildman–Crippen LogP) is 4.32. The largest absolute Gasteiger partial charge is 0.507 e. The third-order valence-corrected chi connectivity index (χ3v) is 5.38. The molecule has 3 aromatic rings. The van der Waals surface area contributed by atoms with Crippen LogP contribution < -0.4 is 0 Å². The van der Waals surface area contributed by atoms with Gasteiger partial charge in [-0.3, -0.25) is 9.59 Å². The minimum atomic E-state index is -1.17. The normalized spacial score (nSPS) is 13.9. The van der Waals surface area contributed by atoms with Crippen molar-refractivity contribution in [3.63, 3.8) is 0 Å². The molecule has 0 aliphatic heterocycles. The Bertz CT molecular complexity index is 1210. The maximum atomic E-state index is 12.9. The summed E-state index contributed by atoms with van der Waals surface area (Å²) < 4.78 is 0. The molecule has 3 aromatic carbocycles. The number of fused-ring (bicyclic) bond motifs is 2. The number of phenolic OH excluding ortho intramolecular Hbond substituents is 2. The van der Waals surface area contributed by atoms with Gasteiger partial charge in [-0.05, 0) is 30.5 Å². The van der Waals surface area contributed by atoms with Gasteiger partial charge in [0.15, 0.2) is 11.6 Å². The third-order valence-electron chi connectivity index (χ3n) is 5.38. The highest BCUT2D eigenvalue weighted by atomic mass is 16.3. The van der Waals surface area contributed by atoms with Crippen LogP contribution in [0.2, 0.25) is 0 Å². The van der Waals surface area contributed by atoms with E-state index in [-0.39, 0.29) is 34.2 Å². The smallest absolute Gasteiger partial charge is 0.198 e. The van der Waals surface area contributed by atoms with E-state index >= 15 is 0 Å². The summed E-state index contributed by atoms with van der Waals surface area (Å²) in [5.41, 5.74) is 1.93. The molecule has 0 spiro atoms. The summed E-state index contributed by atoms with van der Waals surface area (Å²) in [4.78, 5) is 25.7. The minimum absolute atomic E-state index is 0.00112. The maximum Gasteiger partial charge on any atom is 0.198 e. The first kappa shape index (κ1) is 19.6. The Labute approximate surface area is 173 Å². The first-order chi connectivity index (χ1) is 14.4. The fraction of sp³-hybridized carbons (Fsp3) is 0.120. The van der Waals surface area contributed by atoms with Crippen molar-refractivity contribution in [2.75, 3.05) is 0 Å². The zero-order valence-electron chi connectivity index (χ0n) is 16.3. The number of ketones is 2. The number of phenols is 2. The molecule has 0 saturated heterocycles. The lowest BCUT2D eigenvalue weighted by atomic mass is 9.81. The Morgan fingerprint density at radius 3 is 2.17 bits per heavy atom. The Hall–Kier alpha value is -3.70. The van der Waals surface area contributed by atoms with Gasteiger partial charge >= 0.3 is 0 Å². The zero-order valence-corrected chi connectivity index (χ0v) is 16.3. The van der Waals surface area contributed by atoms with Gasteiger partial charge in [0, 0.05) is 16.7 Å². The average molecular weight is 400 g/mol. The molecule has 0 amide bonds. The van der Waals surface area contributed by atoms with Gasteiger partial charge in [0.05, 0.1) is 17.2 Å². The Kier molecular flexibility index (Phi) is 4.98. The van der Waals surface area contributed by atoms with Gasteiger partial charge < -0.3 is 15.3 Å². The van der Waals surface area contributed by atoms with Crippen LogP contribution in [0, 0.1) is 6.92 Å². The van der Waals surface area contributed by atoms with Crippen LogP contribution in [0.5, 0.6) is 11.5 Å². The number of hydrogen-bond acceptors (Lipinski definition) is 5. The third kappa shape index (κ3) is 3.19. The van der Waals surface area contributed by atoms with Gasteiger partial charge in [-0.15, -0.1) is 0 Å². The van der Waals surface area contributed by atoms with Crippen molar-refractivity contribution in [3.05, 3.63) is 99.6 Å². The molecule has 30 heavy (non-hydrogen) atoms. The molecule has 1 aliphatic rings. The SMILES string of the molecule is Cc1ccccc1/C=C/CC(O)c1cc(O)c2c(c1O)C(=O)c1ccccc1C2=O. The number of rotatable bonds is 4. The molecule has 1 aliphatic carbocycles. The summed E-state index contributed by atoms with van der Waals surface area (Å²) in [6.45, 7) is 1.98. The fourth-order valence-electron chi connectivity index (χ4n) is 3.76. The molecule has 150 valence electrons. The van der Waals surface area contributed by atoms with Gasteiger partial charge in [0.2, 0.25) is 0 Å². The van der Waals surface area contributed by atoms with Crippen molar-refractivity contribution >= 4 is 17.6 Å². The number of benzene rings is 3. The van der Waals surface area contributed by atoms with Crippen molar-refractivity contribution in [1.82, 2.24) is 0 Å². The summed E-state index contributed by atoms with van der Waals surface area (Å²) in [7, 11) is 0. The molecule has 3 N–H and O–H groups in total. The molecule has 5 heteroatoms. The monoisotopic (exact) mass is 400 g/mol. The number of aliphatic hydroxyl groups excluding tert-OH is 1. The Balaban J connectivity index is 1.69. The van der Waals surface area contributed by atoms with E-state index in [1.807, 2.05) is 37.3 Å². The van der Waals surface area contributed by atoms with Crippen LogP contribution in [0.25, 0.3) is 6.08 Å². The molecule has 5 nitrogen and oxygen atoms in total. The van der Waals surface area contributed by atoms with E-state index in [2.05, 4.69) is 0 Å². The van der Waals surface area contributed by atoms with Crippen molar-refractivity contribution in [1.29, 1.82) is 0 Å². The second kappa shape index (κ2) is 7.61. The predicted molar refractivity (Wildman–Crippen MR) is 113 cm³/mol. The maximum absolute atomic E-state index is 12.9. The average Bonchev–Trinajstić information content (AvgIpc) is 2.74. The number of hydrogen-bond donors (Lipinski definition) is 3. The highest BCUT2D eigenvalue weighted by molar-refractivity contribution is 6.30. The highest BCUT2D eigenvalue weighted by Crippen LogP contribution is 2.42. The summed E-state index contributed by atoms with van der Waals surface area (Å²) in [5.74, 6) is -2.01. The molecule has 0 fully saturated rings. The van der Waals surface area contributed by atoms with Crippen molar-refractivity contribution in [2.24, 2.45) is 0 Å². The number of aryl methyl sites for hydroxylation is 1. The molecule has 1 atom stereocenters. The number of aliphatic hydroxyl groups is 1. The summed E-state index contributed by atoms with van der Waals surface area (Å²) in [5, 5.41) is 31.8. The van der Waals surface area contributed by atoms with Crippen LogP contribution in [0.1, 0.15) is 61.1 Å². The van der Waals surface area contributed by atoms with Gasteiger partial charge in [0.25, 0.3) is 0 Å². The van der Waals surface area contributed by atoms with Crippen molar-refractivity contribution in [3.8, 4) is 11.5 Å². The molecule has 0 radical (unpaired) electrons. The van der Waals surface area contributed by atoms with Crippen LogP contribution in [0.15, 0.2) is 60.7 Å². The molecule has 0 heterocycles. The van der Waals surface area contributed by atoms with E-state index in [4.69, 9.17) is 0 Å². The molecule has 4 rings (SSSR count). The minimum Gasteiger partial charge on any atom is -0.507 e. The lowest BCUT2D eigenvalue weighted by Gasteiger charge is -2.22. The van der Waals surface area contributed by atoms with E-state index in [0.29, 0.717) is 0 Å². The van der Waals surface area contributed by atoms with Crippen molar-refractivity contribution in [2.45, 2.75) is 19.4 Å². The van der Waals surface area contributed by atoms with E-state index in [1.165, 1.54) is 12.1 Å². The molecule has 0 bridgehead atoms. The lowest BCUT2D eigenvalue weighted by Crippen LogP contribution is -2.22. The summed E-state index contributed by atoms with van der Waals surface area (Å²) in [6.07, 6.45) is 2.60. The fourth-order valence-corrected chi connectivity index (χ4v) is 3.76. The van der Waals surface area contributed by atoms with Gasteiger partial charge in [-0.25, -0.2) is 0 Å². The first-order valence-corrected chi connectivity index (χ1v) is 9.57. The van der Waals surface area contributed by atoms with Gasteiger partial charge in [-0.1, -0.05) is 60.7 Å². The Morgan fingerprint density at radius 1 is 0.900 bits per heavy atom. The highest BCUT2D eigenvalue weighted by Gasteiger charge is 2.36. The molecular formula is C25H20O5. The topological polar surface area (TPSA) is 94.8 Å². The molecule has 0 saturated carbocycles. The molecule has 1 unspecified atom stereocenters. The van der Waals surface area contributed by atoms with Gasteiger partial charge in [-0.2, -0.15) is 0 Å². The van der Waals surface area contributed by atoms with E-state index in [9.17, 15) is 24.9 Å². The van der Waals surface area contributed by atoms with Crippen LogP contribution >= 0.6 is 0 Å². The second-order valence-electron chi connectivity index (χ2n) is 7.30. The molecular weight excluding hydrogens is 380 g/mol. The van der Waals surface area contributed by atoms with E-state index in [0.717, 1.165) is 17.2 Å². The quantitative estimate of drug-likeness (QED) is 0.444. The van der Waals surface area contributed by atoms with Crippen LogP contribution in [-0.4, -0.2) is 26.9 Å². The van der Waals surface area contributed by atoms with E-state index in [1.54, 1.807) is 18.2 Å². The van der Waals surface area contributed by atoms with Crippen LogP contribution in [0.3, 0.4) is 0 Å². The number of aromatic hydroxyl groups is 2. The summed E-state index contributed by atoms with van der Waals surface area (Å²) >= 11 is 0. The Morgan fingerprint density at radius 2 is 1.50 bits per heavy atom. The van der Waals surface area contributed by atoms with Crippen LogP contribution in [0.4, 0.5) is 0 Å². The van der Waals surface area contributed by atoms with Gasteiger partial charge in [0.1, 0.15) is 11.5 Å². The second-order valence-corrected chi connectivity index (χ2v) is 7.30. The summed E-state index contributed by atoms with van der Waals surface area (Å²) in [6, 6.07) is 15.2.